The third-order valence-corrected chi connectivity index (χ3v) is 18.1. The van der Waals surface area contributed by atoms with Crippen LogP contribution in [0.5, 0.6) is 28.7 Å². The molecule has 64 heteroatoms. The quantitative estimate of drug-likeness (QED) is 0.0145. The lowest BCUT2D eigenvalue weighted by Gasteiger charge is -2.39. The Kier molecular flexibility index (Phi) is 31.2. The van der Waals surface area contributed by atoms with E-state index in [1.165, 1.54) is 24.3 Å². The molecule has 0 aliphatic heterocycles. The second-order valence-corrected chi connectivity index (χ2v) is 27.7. The van der Waals surface area contributed by atoms with Gasteiger partial charge in [-0.25, -0.2) is 4.79 Å². The van der Waals surface area contributed by atoms with Crippen LogP contribution in [-0.2, 0) is 0 Å². The number of esters is 1. The first kappa shape index (κ1) is 112. The van der Waals surface area contributed by atoms with Gasteiger partial charge in [-0.15, -0.1) is 0 Å². The Hall–Kier alpha value is -10.5. The number of hydrogen-bond donors (Lipinski definition) is 3. The Labute approximate surface area is 709 Å². The predicted molar refractivity (Wildman–Crippen MR) is 348 cm³/mol. The van der Waals surface area contributed by atoms with E-state index in [0.29, 0.717) is 23.3 Å². The van der Waals surface area contributed by atoms with Crippen LogP contribution in [0.2, 0.25) is 0 Å². The fourth-order valence-corrected chi connectivity index (χ4v) is 10.5. The number of aromatic nitrogens is 3. The number of rotatable bonds is 45. The molecule has 0 saturated heterocycles. The van der Waals surface area contributed by atoms with Crippen molar-refractivity contribution in [1.29, 1.82) is 0 Å². The molecule has 1 aromatic heterocycles. The highest BCUT2D eigenvalue weighted by atomic mass is 19.5. The van der Waals surface area contributed by atoms with Crippen LogP contribution in [0.4, 0.5) is 263 Å². The van der Waals surface area contributed by atoms with E-state index in [1.807, 2.05) is 0 Å². The molecule has 0 amide bonds. The number of carbonyl (C=O) groups is 1. The lowest BCUT2D eigenvalue weighted by Crippen LogP contribution is -2.70. The highest BCUT2D eigenvalue weighted by Crippen LogP contribution is 2.67. The van der Waals surface area contributed by atoms with E-state index < -0.39 is 279 Å². The highest BCUT2D eigenvalue weighted by Gasteiger charge is 2.95. The van der Waals surface area contributed by atoms with Crippen molar-refractivity contribution in [3.63, 3.8) is 0 Å². The molecule has 0 radical (unpaired) electrons. The van der Waals surface area contributed by atoms with Gasteiger partial charge in [0, 0.05) is 54.9 Å². The smallest absolute Gasteiger partial charge is 0.460 e. The summed E-state index contributed by atoms with van der Waals surface area (Å²) in [5.74, 6) is -170. The molecule has 0 bridgehead atoms. The third kappa shape index (κ3) is 20.8. The number of carbonyl (C=O) groups excluding carboxylic acids is 1. The summed E-state index contributed by atoms with van der Waals surface area (Å²) in [7, 11) is 0. The molecule has 0 fully saturated rings. The minimum atomic E-state index is -8.48. The molecule has 3 N–H and O–H groups in total. The minimum absolute atomic E-state index is 0.0932. The van der Waals surface area contributed by atoms with Crippen LogP contribution in [0.15, 0.2) is 115 Å². The molecule has 0 saturated carbocycles. The van der Waals surface area contributed by atoms with Crippen molar-refractivity contribution in [3.05, 3.63) is 121 Å². The van der Waals surface area contributed by atoms with E-state index in [9.17, 15) is 233 Å². The zero-order chi connectivity index (χ0) is 103. The van der Waals surface area contributed by atoms with Crippen molar-refractivity contribution < 1.29 is 257 Å². The summed E-state index contributed by atoms with van der Waals surface area (Å²) in [5, 5.41) is 6.63. The van der Waals surface area contributed by atoms with Gasteiger partial charge < -0.3 is 39.6 Å². The number of ether oxygens (including phenoxy) is 5. The summed E-state index contributed by atoms with van der Waals surface area (Å²) in [6.45, 7) is -7.62. The van der Waals surface area contributed by atoms with Crippen LogP contribution in [0, 0.1) is 0 Å². The maximum atomic E-state index is 14.9. The molecule has 5 aromatic carbocycles. The van der Waals surface area contributed by atoms with Crippen LogP contribution in [0.1, 0.15) is 61.7 Å². The third-order valence-electron chi connectivity index (χ3n) is 18.1. The van der Waals surface area contributed by atoms with Crippen LogP contribution in [0.3, 0.4) is 0 Å². The number of halogens is 52. The van der Waals surface area contributed by atoms with Crippen LogP contribution >= 0.6 is 0 Å². The molecule has 134 heavy (non-hydrogen) atoms. The van der Waals surface area contributed by atoms with Gasteiger partial charge in [-0.05, 0) is 97.5 Å². The molecule has 0 spiro atoms. The van der Waals surface area contributed by atoms with Crippen molar-refractivity contribution in [1.82, 2.24) is 15.0 Å². The first-order chi connectivity index (χ1) is 60.0. The average Bonchev–Trinajstić information content (AvgIpc) is 0.723. The first-order valence-electron chi connectivity index (χ1n) is 35.2. The van der Waals surface area contributed by atoms with Gasteiger partial charge in [0.2, 0.25) is 17.8 Å². The van der Waals surface area contributed by atoms with Gasteiger partial charge in [-0.3, -0.25) is 0 Å². The molecule has 756 valence electrons. The standard InChI is InChI=1S/C70H46F52N6O6/c71-47(72,51(79,80)55(87,88)59(95,96)63(103,104)67(111,112)113)22-4-26-130-39-20-16-36(30-41(39)132-28-6-24-49(75,76)53(83,84)57(91,92)61(99,100)65(107,108)69(117,118)119)124-45-126-44(123-35-14-10-34(11-15-35)43(129)134-38-18-12-33(13-19-38)32-8-2-1-3-9-32)127-46(128-45)125-37-17-21-40(131-27-5-23-48(73,74)52(81,82)56(89,90)60(97,98)64(105,106)68(114,115)116)42(31-37)133-29-7-25-50(77,78)54(85,86)58(93,94)62(101,102)66(109,110)70(120,121)122/h1-3,8-21,30-31H,4-7,22-29H2,(H3,123,124,125,126,127,128). The maximum absolute atomic E-state index is 14.9. The Morgan fingerprint density at radius 1 is 0.239 bits per heavy atom. The molecule has 12 nitrogen and oxygen atoms in total. The van der Waals surface area contributed by atoms with Crippen molar-refractivity contribution in [2.45, 2.75) is 195 Å². The van der Waals surface area contributed by atoms with Gasteiger partial charge in [0.25, 0.3) is 0 Å². The first-order valence-corrected chi connectivity index (χ1v) is 35.2. The Morgan fingerprint density at radius 2 is 0.463 bits per heavy atom. The van der Waals surface area contributed by atoms with Crippen molar-refractivity contribution in [3.8, 4) is 39.9 Å². The van der Waals surface area contributed by atoms with Gasteiger partial charge in [-0.2, -0.15) is 243 Å². The van der Waals surface area contributed by atoms with Crippen molar-refractivity contribution in [2.24, 2.45) is 0 Å². The molecule has 6 aromatic rings. The zero-order valence-electron chi connectivity index (χ0n) is 63.9. The summed E-state index contributed by atoms with van der Waals surface area (Å²) >= 11 is 0. The fourth-order valence-electron chi connectivity index (χ4n) is 10.5. The van der Waals surface area contributed by atoms with Gasteiger partial charge in [0.05, 0.1) is 32.0 Å². The minimum Gasteiger partial charge on any atom is -0.490 e. The zero-order valence-corrected chi connectivity index (χ0v) is 63.9. The molecule has 1 heterocycles. The van der Waals surface area contributed by atoms with Crippen LogP contribution in [0.25, 0.3) is 11.1 Å². The molecule has 0 aliphatic carbocycles. The SMILES string of the molecule is O=C(Oc1ccc(-c2ccccc2)cc1)c1ccc(Nc2nc(Nc3ccc(OCCCC(F)(F)C(F)(F)C(F)(F)C(F)(F)C(F)(F)C(F)(F)F)c(OCCCC(F)(F)C(F)(F)C(F)(F)C(F)(F)C(F)(F)C(F)(F)F)c3)nc(Nc3ccc(OCCCC(F)(F)C(F)(F)C(F)(F)C(F)(F)C(F)(F)C(F)(F)F)c(OCCCC(F)(F)C(F)(F)C(F)(F)C(F)(F)C(F)(F)C(F)(F)F)c3)n2)cc1. The van der Waals surface area contributed by atoms with E-state index in [0.717, 1.165) is 24.3 Å². The van der Waals surface area contributed by atoms with Crippen LogP contribution in [-0.4, -0.2) is 191 Å². The lowest BCUT2D eigenvalue weighted by atomic mass is 9.92. The van der Waals surface area contributed by atoms with E-state index >= 15 is 0 Å². The number of hydrogen-bond acceptors (Lipinski definition) is 12. The van der Waals surface area contributed by atoms with Crippen molar-refractivity contribution >= 4 is 40.9 Å². The maximum Gasteiger partial charge on any atom is 0.460 e. The summed E-state index contributed by atoms with van der Waals surface area (Å²) in [4.78, 5) is 24.7. The lowest BCUT2D eigenvalue weighted by molar-refractivity contribution is -0.440. The highest BCUT2D eigenvalue weighted by molar-refractivity contribution is 5.91. The van der Waals surface area contributed by atoms with E-state index in [2.05, 4.69) is 30.9 Å². The van der Waals surface area contributed by atoms with Gasteiger partial charge >= 0.3 is 149 Å². The fraction of sp³-hybridized carbons (Fsp3) is 0.514. The van der Waals surface area contributed by atoms with Crippen molar-refractivity contribution in [2.75, 3.05) is 42.4 Å². The number of alkyl halides is 52. The topological polar surface area (TPSA) is 138 Å². The van der Waals surface area contributed by atoms with E-state index in [1.54, 1.807) is 30.3 Å². The number of nitrogens with zero attached hydrogens (tertiary/aromatic N) is 3. The molecule has 0 aliphatic rings. The van der Waals surface area contributed by atoms with Gasteiger partial charge in [-0.1, -0.05) is 42.5 Å². The largest absolute Gasteiger partial charge is 0.490 e. The molecule has 6 rings (SSSR count). The number of benzene rings is 5. The Balaban J connectivity index is 1.46. The average molecular weight is 2060 g/mol. The Bertz CT molecular complexity index is 4750. The number of anilines is 6. The Morgan fingerprint density at radius 3 is 0.716 bits per heavy atom. The summed E-state index contributed by atoms with van der Waals surface area (Å²) < 4.78 is 748. The molecular formula is C70H46F52N6O6. The molecular weight excluding hydrogens is 2010 g/mol. The summed E-state index contributed by atoms with van der Waals surface area (Å²) in [6, 6.07) is 19.8. The molecule has 0 unspecified atom stereocenters. The second-order valence-electron chi connectivity index (χ2n) is 27.7. The molecule has 0 atom stereocenters. The monoisotopic (exact) mass is 2050 g/mol. The summed E-state index contributed by atoms with van der Waals surface area (Å²) in [6.07, 6.45) is -52.4. The normalized spacial score (nSPS) is 14.7. The summed E-state index contributed by atoms with van der Waals surface area (Å²) in [5.41, 5.74) is -1.22. The van der Waals surface area contributed by atoms with Gasteiger partial charge in [0.15, 0.2) is 23.0 Å². The van der Waals surface area contributed by atoms with Crippen LogP contribution < -0.4 is 39.6 Å². The van der Waals surface area contributed by atoms with Gasteiger partial charge in [0.1, 0.15) is 5.75 Å². The van der Waals surface area contributed by atoms with E-state index in [-0.39, 0.29) is 41.3 Å². The second kappa shape index (κ2) is 37.2. The predicted octanol–water partition coefficient (Wildman–Crippen LogP) is 27.6. The van der Waals surface area contributed by atoms with E-state index in [4.69, 9.17) is 23.7 Å². The number of nitrogens with one attached hydrogen (secondary N) is 3.